The van der Waals surface area contributed by atoms with Gasteiger partial charge in [0.15, 0.2) is 0 Å². The summed E-state index contributed by atoms with van der Waals surface area (Å²) in [5.74, 6) is 0. The smallest absolute Gasteiger partial charge is 0.0762 e. The topological polar surface area (TPSA) is 42.7 Å². The highest BCUT2D eigenvalue weighted by atomic mass is 35.5. The van der Waals surface area contributed by atoms with Gasteiger partial charge in [0.1, 0.15) is 0 Å². The van der Waals surface area contributed by atoms with Crippen LogP contribution in [0.1, 0.15) is 42.9 Å². The quantitative estimate of drug-likeness (QED) is 0.723. The summed E-state index contributed by atoms with van der Waals surface area (Å²) in [6.45, 7) is 4.90. The first-order valence-electron chi connectivity index (χ1n) is 8.07. The van der Waals surface area contributed by atoms with Crippen LogP contribution >= 0.6 is 11.6 Å². The molecule has 24 heavy (non-hydrogen) atoms. The molecule has 1 N–H and O–H groups in total. The minimum absolute atomic E-state index is 0.0332. The zero-order chi connectivity index (χ0) is 16.9. The van der Waals surface area contributed by atoms with E-state index < -0.39 is 0 Å². The molecule has 0 aliphatic rings. The number of hydrogen-bond acceptors (Lipinski definition) is 3. The lowest BCUT2D eigenvalue weighted by molar-refractivity contribution is 0.515. The van der Waals surface area contributed by atoms with E-state index in [1.165, 1.54) is 0 Å². The third-order valence-electron chi connectivity index (χ3n) is 3.85. The maximum Gasteiger partial charge on any atom is 0.0762 e. The zero-order valence-corrected chi connectivity index (χ0v) is 14.6. The molecule has 0 saturated carbocycles. The van der Waals surface area contributed by atoms with E-state index >= 15 is 0 Å². The van der Waals surface area contributed by atoms with Crippen LogP contribution in [0, 0.1) is 0 Å². The lowest BCUT2D eigenvalue weighted by atomic mass is 10.0. The van der Waals surface area contributed by atoms with Gasteiger partial charge in [-0.3, -0.25) is 15.0 Å². The van der Waals surface area contributed by atoms with Crippen molar-refractivity contribution in [3.8, 4) is 0 Å². The second kappa shape index (κ2) is 7.60. The predicted octanol–water partition coefficient (Wildman–Crippen LogP) is 4.39. The zero-order valence-electron chi connectivity index (χ0n) is 13.9. The van der Waals surface area contributed by atoms with Crippen LogP contribution in [0.4, 0.5) is 0 Å². The Morgan fingerprint density at radius 2 is 2.00 bits per heavy atom. The molecule has 2 heterocycles. The van der Waals surface area contributed by atoms with E-state index in [1.807, 2.05) is 59.5 Å². The highest BCUT2D eigenvalue weighted by Gasteiger charge is 2.16. The number of halogens is 1. The van der Waals surface area contributed by atoms with E-state index in [0.29, 0.717) is 12.6 Å². The Kier molecular flexibility index (Phi) is 5.28. The Hall–Kier alpha value is -2.17. The number of pyridine rings is 1. The summed E-state index contributed by atoms with van der Waals surface area (Å²) in [4.78, 5) is 4.50. The summed E-state index contributed by atoms with van der Waals surface area (Å²) >= 11 is 6.17. The van der Waals surface area contributed by atoms with E-state index in [2.05, 4.69) is 35.3 Å². The molecule has 124 valence electrons. The van der Waals surface area contributed by atoms with Crippen molar-refractivity contribution in [3.63, 3.8) is 0 Å². The Bertz CT molecular complexity index is 783. The Morgan fingerprint density at radius 1 is 1.12 bits per heavy atom. The fraction of sp³-hybridized carbons (Fsp3) is 0.263. The molecular weight excluding hydrogens is 320 g/mol. The molecule has 4 nitrogen and oxygen atoms in total. The standard InChI is InChI=1S/C19H21ClN4/c1-14(2)24-11-9-17(23-24)13-22-19(18-8-3-4-10-21-18)15-6-5-7-16(20)12-15/h3-12,14,19,22H,13H2,1-2H3. The molecule has 1 aromatic carbocycles. The van der Waals surface area contributed by atoms with Crippen molar-refractivity contribution in [3.05, 3.63) is 82.9 Å². The second-order valence-electron chi connectivity index (χ2n) is 6.00. The summed E-state index contributed by atoms with van der Waals surface area (Å²) < 4.78 is 1.96. The van der Waals surface area contributed by atoms with Crippen LogP contribution in [-0.2, 0) is 6.54 Å². The van der Waals surface area contributed by atoms with Crippen LogP contribution < -0.4 is 5.32 Å². The average Bonchev–Trinajstić information content (AvgIpc) is 3.05. The van der Waals surface area contributed by atoms with E-state index in [-0.39, 0.29) is 6.04 Å². The largest absolute Gasteiger partial charge is 0.299 e. The monoisotopic (exact) mass is 340 g/mol. The van der Waals surface area contributed by atoms with Gasteiger partial charge in [0.2, 0.25) is 0 Å². The van der Waals surface area contributed by atoms with Crippen molar-refractivity contribution < 1.29 is 0 Å². The lowest BCUT2D eigenvalue weighted by Crippen LogP contribution is -2.23. The Balaban J connectivity index is 1.82. The minimum Gasteiger partial charge on any atom is -0.299 e. The lowest BCUT2D eigenvalue weighted by Gasteiger charge is -2.18. The van der Waals surface area contributed by atoms with Crippen molar-refractivity contribution in [1.29, 1.82) is 0 Å². The van der Waals surface area contributed by atoms with E-state index in [9.17, 15) is 0 Å². The number of nitrogens with zero attached hydrogens (tertiary/aromatic N) is 3. The fourth-order valence-electron chi connectivity index (χ4n) is 2.59. The third-order valence-corrected chi connectivity index (χ3v) is 4.08. The van der Waals surface area contributed by atoms with Gasteiger partial charge in [-0.1, -0.05) is 29.8 Å². The van der Waals surface area contributed by atoms with Gasteiger partial charge in [-0.05, 0) is 49.7 Å². The normalized spacial score (nSPS) is 12.5. The summed E-state index contributed by atoms with van der Waals surface area (Å²) in [5.41, 5.74) is 3.05. The molecule has 0 saturated heterocycles. The highest BCUT2D eigenvalue weighted by molar-refractivity contribution is 6.30. The van der Waals surface area contributed by atoms with Crippen LogP contribution in [0.3, 0.4) is 0 Å². The van der Waals surface area contributed by atoms with Crippen LogP contribution in [0.2, 0.25) is 5.02 Å². The molecule has 0 fully saturated rings. The summed E-state index contributed by atoms with van der Waals surface area (Å²) in [7, 11) is 0. The van der Waals surface area contributed by atoms with Gasteiger partial charge in [-0.15, -0.1) is 0 Å². The Morgan fingerprint density at radius 3 is 2.67 bits per heavy atom. The van der Waals surface area contributed by atoms with E-state index in [1.54, 1.807) is 0 Å². The van der Waals surface area contributed by atoms with Crippen LogP contribution in [0.15, 0.2) is 60.9 Å². The number of benzene rings is 1. The van der Waals surface area contributed by atoms with Crippen molar-refractivity contribution in [2.45, 2.75) is 32.5 Å². The molecule has 2 aromatic heterocycles. The van der Waals surface area contributed by atoms with Crippen molar-refractivity contribution >= 4 is 11.6 Å². The molecule has 0 bridgehead atoms. The molecule has 5 heteroatoms. The van der Waals surface area contributed by atoms with E-state index in [4.69, 9.17) is 11.6 Å². The van der Waals surface area contributed by atoms with Gasteiger partial charge in [0.25, 0.3) is 0 Å². The van der Waals surface area contributed by atoms with Crippen LogP contribution in [0.25, 0.3) is 0 Å². The van der Waals surface area contributed by atoms with Crippen molar-refractivity contribution in [1.82, 2.24) is 20.1 Å². The molecule has 1 unspecified atom stereocenters. The maximum absolute atomic E-state index is 6.17. The van der Waals surface area contributed by atoms with Crippen molar-refractivity contribution in [2.24, 2.45) is 0 Å². The maximum atomic E-state index is 6.17. The number of nitrogens with one attached hydrogen (secondary N) is 1. The van der Waals surface area contributed by atoms with Gasteiger partial charge in [-0.25, -0.2) is 0 Å². The van der Waals surface area contributed by atoms with Crippen molar-refractivity contribution in [2.75, 3.05) is 0 Å². The molecule has 3 aromatic rings. The average molecular weight is 341 g/mol. The molecule has 0 amide bonds. The number of hydrogen-bond donors (Lipinski definition) is 1. The first kappa shape index (κ1) is 16.7. The molecule has 0 radical (unpaired) electrons. The first-order chi connectivity index (χ1) is 11.6. The van der Waals surface area contributed by atoms with Gasteiger partial charge >= 0.3 is 0 Å². The number of rotatable bonds is 6. The third kappa shape index (κ3) is 4.02. The van der Waals surface area contributed by atoms with Crippen LogP contribution in [-0.4, -0.2) is 14.8 Å². The molecule has 0 spiro atoms. The van der Waals surface area contributed by atoms with Crippen LogP contribution in [0.5, 0.6) is 0 Å². The highest BCUT2D eigenvalue weighted by Crippen LogP contribution is 2.23. The fourth-order valence-corrected chi connectivity index (χ4v) is 2.79. The molecule has 0 aliphatic carbocycles. The predicted molar refractivity (Wildman–Crippen MR) is 97.0 cm³/mol. The molecular formula is C19H21ClN4. The van der Waals surface area contributed by atoms with Gasteiger partial charge in [-0.2, -0.15) is 5.10 Å². The number of aromatic nitrogens is 3. The molecule has 0 aliphatic heterocycles. The first-order valence-corrected chi connectivity index (χ1v) is 8.45. The molecule has 3 rings (SSSR count). The van der Waals surface area contributed by atoms with Gasteiger partial charge < -0.3 is 0 Å². The summed E-state index contributed by atoms with van der Waals surface area (Å²) in [5, 5.41) is 8.87. The SMILES string of the molecule is CC(C)n1ccc(CNC(c2cccc(Cl)c2)c2ccccn2)n1. The molecule has 1 atom stereocenters. The van der Waals surface area contributed by atoms with E-state index in [0.717, 1.165) is 22.0 Å². The summed E-state index contributed by atoms with van der Waals surface area (Å²) in [6.07, 6.45) is 3.82. The summed E-state index contributed by atoms with van der Waals surface area (Å²) in [6, 6.07) is 16.2. The Labute approximate surface area is 147 Å². The second-order valence-corrected chi connectivity index (χ2v) is 6.44. The van der Waals surface area contributed by atoms with Gasteiger partial charge in [0.05, 0.1) is 17.4 Å². The van der Waals surface area contributed by atoms with Gasteiger partial charge in [0, 0.05) is 30.0 Å². The minimum atomic E-state index is -0.0332.